The maximum absolute atomic E-state index is 9.49. The molecule has 0 rings (SSSR count). The van der Waals surface area contributed by atoms with Crippen LogP contribution in [0.5, 0.6) is 0 Å². The Morgan fingerprint density at radius 1 is 0.667 bits per heavy atom. The first-order chi connectivity index (χ1) is 9.31. The monoisotopic (exact) mass is 380 g/mol. The molecular weight excluding hydrogens is 355 g/mol. The van der Waals surface area contributed by atoms with Gasteiger partial charge in [-0.15, -0.1) is 0 Å². The Labute approximate surface area is 147 Å². The molecule has 0 heterocycles. The summed E-state index contributed by atoms with van der Waals surface area (Å²) in [5.74, 6) is -2.88. The summed E-state index contributed by atoms with van der Waals surface area (Å²) >= 11 is 0. The van der Waals surface area contributed by atoms with Gasteiger partial charge in [0.2, 0.25) is 0 Å². The van der Waals surface area contributed by atoms with Gasteiger partial charge in [-0.3, -0.25) is 0 Å². The van der Waals surface area contributed by atoms with Gasteiger partial charge >= 0.3 is 26.2 Å². The number of rotatable bonds is 6. The molecule has 0 bridgehead atoms. The fourth-order valence-electron chi connectivity index (χ4n) is 0.612. The van der Waals surface area contributed by atoms with Crippen LogP contribution in [0.4, 0.5) is 0 Å². The molecule has 0 aliphatic carbocycles. The molecule has 0 radical (unpaired) electrons. The largest absolute Gasteiger partial charge is 4.00 e. The summed E-state index contributed by atoms with van der Waals surface area (Å²) in [6.07, 6.45) is 2.55. The number of aliphatic carboxylic acids is 3. The minimum Gasteiger partial charge on any atom is -0.550 e. The quantitative estimate of drug-likeness (QED) is 0.569. The minimum atomic E-state index is -0.961. The zero-order chi connectivity index (χ0) is 17.0. The van der Waals surface area contributed by atoms with Crippen LogP contribution in [0, 0.1) is 6.92 Å². The van der Waals surface area contributed by atoms with Gasteiger partial charge in [-0.1, -0.05) is 40.0 Å². The first-order valence-corrected chi connectivity index (χ1v) is 6.61. The molecule has 0 aliphatic heterocycles. The van der Waals surface area contributed by atoms with E-state index in [-0.39, 0.29) is 45.5 Å². The molecule has 6 nitrogen and oxygen atoms in total. The maximum Gasteiger partial charge on any atom is 4.00 e. The third-order valence-corrected chi connectivity index (χ3v) is 1.36. The second kappa shape index (κ2) is 31.6. The maximum atomic E-state index is 9.49. The van der Waals surface area contributed by atoms with Crippen molar-refractivity contribution in [1.82, 2.24) is 0 Å². The summed E-state index contributed by atoms with van der Waals surface area (Å²) in [7, 11) is 0. The number of carboxylic acid groups (broad SMARTS) is 3. The van der Waals surface area contributed by atoms with Crippen LogP contribution in [-0.2, 0) is 40.6 Å². The second-order valence-corrected chi connectivity index (χ2v) is 3.37. The molecule has 122 valence electrons. The Hall–Kier alpha value is -0.707. The zero-order valence-electron chi connectivity index (χ0n) is 13.4. The van der Waals surface area contributed by atoms with Crippen molar-refractivity contribution in [2.75, 3.05) is 0 Å². The SMILES string of the molecule is CCCC(=O)[O-].CCCC(=O)[O-].CCCC(=O)[O-].[CH2-]C.[Zr+4]. The van der Waals surface area contributed by atoms with E-state index in [4.69, 9.17) is 0 Å². The van der Waals surface area contributed by atoms with E-state index in [9.17, 15) is 29.7 Å². The van der Waals surface area contributed by atoms with Crippen molar-refractivity contribution in [1.29, 1.82) is 0 Å². The van der Waals surface area contributed by atoms with Crippen molar-refractivity contribution >= 4 is 17.9 Å². The van der Waals surface area contributed by atoms with Crippen molar-refractivity contribution in [3.8, 4) is 0 Å². The van der Waals surface area contributed by atoms with Crippen LogP contribution in [0.15, 0.2) is 0 Å². The molecule has 0 saturated carbocycles. The van der Waals surface area contributed by atoms with E-state index in [0.29, 0.717) is 19.3 Å². The second-order valence-electron chi connectivity index (χ2n) is 3.37. The number of carboxylic acids is 3. The average Bonchev–Trinajstić information content (AvgIpc) is 2.32. The van der Waals surface area contributed by atoms with Gasteiger partial charge in [0, 0.05) is 17.9 Å². The van der Waals surface area contributed by atoms with Crippen LogP contribution in [0.3, 0.4) is 0 Å². The molecule has 0 aliphatic rings. The molecule has 0 unspecified atom stereocenters. The fraction of sp³-hybridized carbons (Fsp3) is 0.714. The fourth-order valence-corrected chi connectivity index (χ4v) is 0.612. The van der Waals surface area contributed by atoms with Gasteiger partial charge in [0.1, 0.15) is 0 Å². The van der Waals surface area contributed by atoms with Crippen molar-refractivity contribution < 1.29 is 55.9 Å². The average molecular weight is 382 g/mol. The third-order valence-electron chi connectivity index (χ3n) is 1.36. The van der Waals surface area contributed by atoms with Crippen LogP contribution < -0.4 is 15.3 Å². The summed E-state index contributed by atoms with van der Waals surface area (Å²) < 4.78 is 0. The molecule has 0 spiro atoms. The van der Waals surface area contributed by atoms with E-state index in [0.717, 1.165) is 0 Å². The summed E-state index contributed by atoms with van der Waals surface area (Å²) in [6.45, 7) is 10.4. The number of hydrogen-bond donors (Lipinski definition) is 0. The third kappa shape index (κ3) is 83.9. The first-order valence-electron chi connectivity index (χ1n) is 6.61. The number of hydrogen-bond acceptors (Lipinski definition) is 6. The summed E-state index contributed by atoms with van der Waals surface area (Å²) in [5, 5.41) is 28.5. The van der Waals surface area contributed by atoms with E-state index < -0.39 is 17.9 Å². The Kier molecular flexibility index (Phi) is 48.6. The number of carbonyl (C=O) groups is 3. The molecule has 0 aromatic heterocycles. The predicted octanol–water partition coefficient (Wildman–Crippen LogP) is -0.553. The standard InChI is InChI=1S/3C4H8O2.C2H5.Zr/c3*1-2-3-4(5)6;1-2;/h3*2-3H2,1H3,(H,5,6);1H2,2H3;/q;;;-1;+4/p-3. The predicted molar refractivity (Wildman–Crippen MR) is 70.8 cm³/mol. The Morgan fingerprint density at radius 3 is 0.810 bits per heavy atom. The molecule has 0 aromatic rings. The Bertz CT molecular complexity index is 193. The molecule has 7 heteroatoms. The Morgan fingerprint density at radius 2 is 0.810 bits per heavy atom. The van der Waals surface area contributed by atoms with E-state index in [1.165, 1.54) is 0 Å². The van der Waals surface area contributed by atoms with Crippen LogP contribution in [0.2, 0.25) is 0 Å². The van der Waals surface area contributed by atoms with Crippen molar-refractivity contribution in [2.45, 2.75) is 66.2 Å². The topological polar surface area (TPSA) is 120 Å². The summed E-state index contributed by atoms with van der Waals surface area (Å²) in [6, 6.07) is 0. The molecule has 0 aromatic carbocycles. The molecule has 0 atom stereocenters. The summed E-state index contributed by atoms with van der Waals surface area (Å²) in [5.41, 5.74) is 0. The van der Waals surface area contributed by atoms with E-state index in [1.807, 2.05) is 0 Å². The molecule has 0 N–H and O–H groups in total. The van der Waals surface area contributed by atoms with Gasteiger partial charge in [-0.25, -0.2) is 0 Å². The van der Waals surface area contributed by atoms with Crippen LogP contribution >= 0.6 is 0 Å². The van der Waals surface area contributed by atoms with Crippen LogP contribution in [-0.4, -0.2) is 17.9 Å². The normalized spacial score (nSPS) is 7.29. The van der Waals surface area contributed by atoms with Gasteiger partial charge in [0.25, 0.3) is 0 Å². The van der Waals surface area contributed by atoms with E-state index in [2.05, 4.69) is 6.92 Å². The van der Waals surface area contributed by atoms with Crippen LogP contribution in [0.1, 0.15) is 66.2 Å². The zero-order valence-corrected chi connectivity index (χ0v) is 15.9. The molecule has 0 saturated heterocycles. The number of carbonyl (C=O) groups excluding carboxylic acids is 3. The van der Waals surface area contributed by atoms with Crippen molar-refractivity contribution in [2.24, 2.45) is 0 Å². The van der Waals surface area contributed by atoms with Gasteiger partial charge < -0.3 is 36.6 Å². The minimum absolute atomic E-state index is 0. The molecular formula is C14H26O6Zr. The van der Waals surface area contributed by atoms with Crippen molar-refractivity contribution in [3.63, 3.8) is 0 Å². The van der Waals surface area contributed by atoms with E-state index >= 15 is 0 Å². The molecule has 21 heavy (non-hydrogen) atoms. The summed E-state index contributed by atoms with van der Waals surface area (Å²) in [4.78, 5) is 28.5. The van der Waals surface area contributed by atoms with Gasteiger partial charge in [-0.2, -0.15) is 6.92 Å². The first kappa shape index (κ1) is 32.3. The Balaban J connectivity index is -0.0000000561. The van der Waals surface area contributed by atoms with Crippen LogP contribution in [0.25, 0.3) is 0 Å². The van der Waals surface area contributed by atoms with Gasteiger partial charge in [-0.05, 0) is 19.3 Å². The van der Waals surface area contributed by atoms with Gasteiger partial charge in [0.15, 0.2) is 0 Å². The molecule has 0 amide bonds. The molecule has 0 fully saturated rings. The van der Waals surface area contributed by atoms with E-state index in [1.54, 1.807) is 27.7 Å². The van der Waals surface area contributed by atoms with Crippen molar-refractivity contribution in [3.05, 3.63) is 6.92 Å². The smallest absolute Gasteiger partial charge is 0.550 e. The van der Waals surface area contributed by atoms with Gasteiger partial charge in [0.05, 0.1) is 0 Å².